The van der Waals surface area contributed by atoms with Gasteiger partial charge in [-0.1, -0.05) is 19.9 Å². The summed E-state index contributed by atoms with van der Waals surface area (Å²) in [5, 5.41) is 0. The van der Waals surface area contributed by atoms with Gasteiger partial charge in [-0.15, -0.1) is 0 Å². The van der Waals surface area contributed by atoms with Crippen molar-refractivity contribution in [3.05, 3.63) is 11.6 Å². The number of carbonyl (C=O) groups excluding carboxylic acids is 1. The quantitative estimate of drug-likeness (QED) is 0.572. The topological polar surface area (TPSA) is 26.3 Å². The minimum Gasteiger partial charge on any atom is -0.359 e. The molecule has 1 saturated heterocycles. The van der Waals surface area contributed by atoms with E-state index in [1.807, 2.05) is 6.92 Å². The Hall–Kier alpha value is -0.630. The zero-order chi connectivity index (χ0) is 11.3. The Kier molecular flexibility index (Phi) is 2.30. The summed E-state index contributed by atoms with van der Waals surface area (Å²) in [7, 11) is 0. The lowest BCUT2D eigenvalue weighted by Gasteiger charge is -2.46. The summed E-state index contributed by atoms with van der Waals surface area (Å²) in [5.41, 5.74) is 1.00. The van der Waals surface area contributed by atoms with Gasteiger partial charge < -0.3 is 4.74 Å². The highest BCUT2D eigenvalue weighted by molar-refractivity contribution is 5.86. The molecule has 0 aromatic carbocycles. The van der Waals surface area contributed by atoms with E-state index >= 15 is 0 Å². The molecule has 84 valence electrons. The number of ketones is 1. The molecule has 2 aliphatic rings. The molecule has 0 radical (unpaired) electrons. The molecule has 1 heterocycles. The highest BCUT2D eigenvalue weighted by atomic mass is 16.5. The van der Waals surface area contributed by atoms with Crippen molar-refractivity contribution in [1.29, 1.82) is 0 Å². The number of Topliss-reactive ketones (excluding diaryl/α,β-unsaturated/α-hetero) is 1. The molecule has 2 heteroatoms. The van der Waals surface area contributed by atoms with Crippen LogP contribution in [0.3, 0.4) is 0 Å². The summed E-state index contributed by atoms with van der Waals surface area (Å²) in [6.45, 7) is 8.41. The van der Waals surface area contributed by atoms with Crippen molar-refractivity contribution in [2.75, 3.05) is 0 Å². The molecule has 2 rings (SSSR count). The molecule has 1 fully saturated rings. The van der Waals surface area contributed by atoms with Crippen molar-refractivity contribution in [3.8, 4) is 0 Å². The lowest BCUT2D eigenvalue weighted by Crippen LogP contribution is -2.47. The van der Waals surface area contributed by atoms with Gasteiger partial charge in [0.1, 0.15) is 11.7 Å². The number of ether oxygens (including phenoxy) is 1. The van der Waals surface area contributed by atoms with E-state index in [0.29, 0.717) is 6.42 Å². The molecular formula is C13H20O2. The zero-order valence-corrected chi connectivity index (χ0v) is 10.1. The van der Waals surface area contributed by atoms with Crippen LogP contribution < -0.4 is 0 Å². The summed E-state index contributed by atoms with van der Waals surface area (Å²) < 4.78 is 6.01. The minimum atomic E-state index is -0.318. The number of hydrogen-bond donors (Lipinski definition) is 0. The summed E-state index contributed by atoms with van der Waals surface area (Å²) in [6.07, 6.45) is 4.77. The molecule has 0 bridgehead atoms. The first-order chi connectivity index (χ1) is 6.89. The summed E-state index contributed by atoms with van der Waals surface area (Å²) in [6, 6.07) is 0. The number of hydrogen-bond acceptors (Lipinski definition) is 2. The third kappa shape index (κ3) is 1.38. The second kappa shape index (κ2) is 3.18. The molecule has 1 aliphatic carbocycles. The second-order valence-corrected chi connectivity index (χ2v) is 5.54. The average Bonchev–Trinajstić information content (AvgIpc) is 2.42. The molecular weight excluding hydrogens is 188 g/mol. The van der Waals surface area contributed by atoms with E-state index in [9.17, 15) is 4.79 Å². The highest BCUT2D eigenvalue weighted by Gasteiger charge is 2.55. The summed E-state index contributed by atoms with van der Waals surface area (Å²) >= 11 is 0. The Morgan fingerprint density at radius 3 is 2.60 bits per heavy atom. The van der Waals surface area contributed by atoms with Gasteiger partial charge in [-0.25, -0.2) is 0 Å². The molecule has 2 atom stereocenters. The minimum absolute atomic E-state index is 0.0756. The van der Waals surface area contributed by atoms with Crippen LogP contribution in [0.25, 0.3) is 0 Å². The van der Waals surface area contributed by atoms with Crippen LogP contribution >= 0.6 is 0 Å². The lowest BCUT2D eigenvalue weighted by atomic mass is 9.64. The van der Waals surface area contributed by atoms with Crippen molar-refractivity contribution in [2.24, 2.45) is 5.41 Å². The first kappa shape index (κ1) is 10.9. The van der Waals surface area contributed by atoms with E-state index < -0.39 is 0 Å². The third-order valence-electron chi connectivity index (χ3n) is 4.20. The Balaban J connectivity index is 2.44. The molecule has 1 spiro atoms. The van der Waals surface area contributed by atoms with Gasteiger partial charge in [0.25, 0.3) is 0 Å². The van der Waals surface area contributed by atoms with Crippen LogP contribution in [0.4, 0.5) is 0 Å². The maximum atomic E-state index is 11.7. The van der Waals surface area contributed by atoms with Gasteiger partial charge in [0.15, 0.2) is 5.78 Å². The van der Waals surface area contributed by atoms with Gasteiger partial charge >= 0.3 is 0 Å². The first-order valence-electron chi connectivity index (χ1n) is 5.77. The van der Waals surface area contributed by atoms with Crippen LogP contribution in [0, 0.1) is 5.41 Å². The number of allylic oxidation sites excluding steroid dienone is 1. The van der Waals surface area contributed by atoms with E-state index in [1.54, 1.807) is 0 Å². The van der Waals surface area contributed by atoms with Crippen molar-refractivity contribution in [1.82, 2.24) is 0 Å². The summed E-state index contributed by atoms with van der Waals surface area (Å²) in [4.78, 5) is 11.7. The van der Waals surface area contributed by atoms with Gasteiger partial charge in [-0.2, -0.15) is 0 Å². The molecule has 0 aromatic heterocycles. The van der Waals surface area contributed by atoms with Gasteiger partial charge in [0.2, 0.25) is 0 Å². The van der Waals surface area contributed by atoms with Crippen molar-refractivity contribution >= 4 is 5.78 Å². The second-order valence-electron chi connectivity index (χ2n) is 5.54. The molecule has 0 N–H and O–H groups in total. The van der Waals surface area contributed by atoms with Crippen LogP contribution in [0.15, 0.2) is 11.6 Å². The Labute approximate surface area is 91.7 Å². The Morgan fingerprint density at radius 1 is 1.47 bits per heavy atom. The maximum absolute atomic E-state index is 11.7. The van der Waals surface area contributed by atoms with Crippen LogP contribution in [-0.4, -0.2) is 17.5 Å². The number of rotatable bonds is 0. The summed E-state index contributed by atoms with van der Waals surface area (Å²) in [5.74, 6) is 0.248. The monoisotopic (exact) mass is 208 g/mol. The molecule has 2 unspecified atom stereocenters. The standard InChI is InChI=1S/C13H20O2/c1-9-6-5-7-12(3,4)13(9)8-11(14)10(2)15-13/h6,10H,5,7-8H2,1-4H3. The Morgan fingerprint density at radius 2 is 2.13 bits per heavy atom. The lowest BCUT2D eigenvalue weighted by molar-refractivity contribution is -0.124. The van der Waals surface area contributed by atoms with Gasteiger partial charge in [0.05, 0.1) is 0 Å². The number of carbonyl (C=O) groups is 1. The molecule has 0 saturated carbocycles. The van der Waals surface area contributed by atoms with Gasteiger partial charge in [0, 0.05) is 6.42 Å². The van der Waals surface area contributed by atoms with Crippen LogP contribution in [0.2, 0.25) is 0 Å². The fraction of sp³-hybridized carbons (Fsp3) is 0.769. The van der Waals surface area contributed by atoms with Crippen LogP contribution in [-0.2, 0) is 9.53 Å². The Bertz CT molecular complexity index is 327. The van der Waals surface area contributed by atoms with Crippen molar-refractivity contribution in [3.63, 3.8) is 0 Å². The maximum Gasteiger partial charge on any atom is 0.164 e. The van der Waals surface area contributed by atoms with Gasteiger partial charge in [-0.05, 0) is 37.7 Å². The average molecular weight is 208 g/mol. The first-order valence-corrected chi connectivity index (χ1v) is 5.77. The molecule has 0 aromatic rings. The normalized spacial score (nSPS) is 39.6. The molecule has 15 heavy (non-hydrogen) atoms. The molecule has 0 amide bonds. The molecule has 2 nitrogen and oxygen atoms in total. The zero-order valence-electron chi connectivity index (χ0n) is 10.1. The molecule has 1 aliphatic heterocycles. The highest BCUT2D eigenvalue weighted by Crippen LogP contribution is 2.52. The smallest absolute Gasteiger partial charge is 0.164 e. The van der Waals surface area contributed by atoms with Crippen molar-refractivity contribution < 1.29 is 9.53 Å². The van der Waals surface area contributed by atoms with Gasteiger partial charge in [-0.3, -0.25) is 4.79 Å². The third-order valence-corrected chi connectivity index (χ3v) is 4.20. The van der Waals surface area contributed by atoms with E-state index in [1.165, 1.54) is 5.57 Å². The van der Waals surface area contributed by atoms with E-state index in [0.717, 1.165) is 12.8 Å². The predicted octanol–water partition coefficient (Wildman–Crippen LogP) is 2.87. The van der Waals surface area contributed by atoms with Crippen molar-refractivity contribution in [2.45, 2.75) is 58.7 Å². The fourth-order valence-corrected chi connectivity index (χ4v) is 2.98. The predicted molar refractivity (Wildman–Crippen MR) is 59.7 cm³/mol. The van der Waals surface area contributed by atoms with E-state index in [-0.39, 0.29) is 22.9 Å². The van der Waals surface area contributed by atoms with Crippen LogP contribution in [0.5, 0.6) is 0 Å². The fourth-order valence-electron chi connectivity index (χ4n) is 2.98. The largest absolute Gasteiger partial charge is 0.359 e. The SMILES string of the molecule is CC1=CCCC(C)(C)C12CC(=O)C(C)O2. The van der Waals surface area contributed by atoms with E-state index in [2.05, 4.69) is 26.8 Å². The van der Waals surface area contributed by atoms with Crippen LogP contribution in [0.1, 0.15) is 47.0 Å². The van der Waals surface area contributed by atoms with E-state index in [4.69, 9.17) is 4.74 Å².